The first-order valence-electron chi connectivity index (χ1n) is 27.6. The molecule has 4 heteroatoms. The Morgan fingerprint density at radius 2 is 0.872 bits per heavy atom. The third-order valence-corrected chi connectivity index (χ3v) is 17.0. The molecule has 15 rings (SSSR count). The summed E-state index contributed by atoms with van der Waals surface area (Å²) in [5.41, 5.74) is 26.8. The summed E-state index contributed by atoms with van der Waals surface area (Å²) < 4.78 is 5.12. The predicted molar refractivity (Wildman–Crippen MR) is 334 cm³/mol. The molecule has 0 radical (unpaired) electrons. The van der Waals surface area contributed by atoms with E-state index >= 15 is 0 Å². The molecule has 0 fully saturated rings. The van der Waals surface area contributed by atoms with Gasteiger partial charge < -0.3 is 14.0 Å². The van der Waals surface area contributed by atoms with Gasteiger partial charge in [-0.05, 0) is 120 Å². The van der Waals surface area contributed by atoms with Crippen LogP contribution in [0.2, 0.25) is 0 Å². The van der Waals surface area contributed by atoms with E-state index < -0.39 is 0 Å². The van der Waals surface area contributed by atoms with Crippen molar-refractivity contribution in [3.05, 3.63) is 254 Å². The molecule has 78 heavy (non-hydrogen) atoms. The van der Waals surface area contributed by atoms with Gasteiger partial charge in [0.2, 0.25) is 0 Å². The fourth-order valence-electron chi connectivity index (χ4n) is 13.2. The highest BCUT2D eigenvalue weighted by molar-refractivity contribution is 7.01. The van der Waals surface area contributed by atoms with Crippen molar-refractivity contribution in [3.8, 4) is 55.9 Å². The lowest BCUT2D eigenvalue weighted by Crippen LogP contribution is -2.61. The molecule has 0 unspecified atom stereocenters. The number of anilines is 3. The SMILES string of the molecule is CC(C)(C)c1cc(-c2cccc(-c3ccccc3)c2N2c3cc4c5ccccc5n(-c5ccccc5)c4cc3B3c4c2cccc4-n2c4cc(-c5ccccc5)ccc4c4ccc(-c5ccccc5)c3c42)cc(C(C)(C)C)c1. The van der Waals surface area contributed by atoms with E-state index in [4.69, 9.17) is 0 Å². The lowest BCUT2D eigenvalue weighted by molar-refractivity contribution is 0.569. The highest BCUT2D eigenvalue weighted by Gasteiger charge is 2.45. The first kappa shape index (κ1) is 46.2. The molecule has 2 aliphatic rings. The number of aromatic nitrogens is 2. The van der Waals surface area contributed by atoms with E-state index in [-0.39, 0.29) is 17.5 Å². The third-order valence-electron chi connectivity index (χ3n) is 17.0. The van der Waals surface area contributed by atoms with E-state index in [9.17, 15) is 0 Å². The number of para-hydroxylation sites is 3. The molecule has 0 atom stereocenters. The fraction of sp³-hybridized carbons (Fsp3) is 0.108. The van der Waals surface area contributed by atoms with Crippen molar-refractivity contribution in [2.45, 2.75) is 52.4 Å². The lowest BCUT2D eigenvalue weighted by atomic mass is 9.33. The molecule has 0 spiro atoms. The average molecular weight is 1000 g/mol. The van der Waals surface area contributed by atoms with Gasteiger partial charge in [0.05, 0.1) is 22.2 Å². The maximum absolute atomic E-state index is 2.69. The zero-order valence-corrected chi connectivity index (χ0v) is 45.0. The van der Waals surface area contributed by atoms with Crippen molar-refractivity contribution in [3.63, 3.8) is 0 Å². The quantitative estimate of drug-likeness (QED) is 0.151. The van der Waals surface area contributed by atoms with Crippen LogP contribution in [-0.4, -0.2) is 15.8 Å². The first-order chi connectivity index (χ1) is 38.0. The number of hydrogen-bond donors (Lipinski definition) is 0. The maximum atomic E-state index is 2.69. The number of fused-ring (bicyclic) bond motifs is 10. The van der Waals surface area contributed by atoms with Gasteiger partial charge in [-0.15, -0.1) is 0 Å². The second kappa shape index (κ2) is 17.2. The molecule has 3 nitrogen and oxygen atoms in total. The topological polar surface area (TPSA) is 13.1 Å². The number of rotatable bonds is 6. The lowest BCUT2D eigenvalue weighted by Gasteiger charge is -2.42. The van der Waals surface area contributed by atoms with Crippen molar-refractivity contribution in [2.24, 2.45) is 0 Å². The van der Waals surface area contributed by atoms with Crippen LogP contribution in [0.3, 0.4) is 0 Å². The van der Waals surface area contributed by atoms with Crippen LogP contribution in [0.25, 0.3) is 99.5 Å². The fourth-order valence-corrected chi connectivity index (χ4v) is 13.2. The second-order valence-corrected chi connectivity index (χ2v) is 23.7. The van der Waals surface area contributed by atoms with Crippen molar-refractivity contribution in [2.75, 3.05) is 4.90 Å². The molecule has 0 aliphatic carbocycles. The molecule has 0 bridgehead atoms. The van der Waals surface area contributed by atoms with Gasteiger partial charge in [0, 0.05) is 60.9 Å². The van der Waals surface area contributed by atoms with E-state index in [1.165, 1.54) is 138 Å². The minimum Gasteiger partial charge on any atom is -0.310 e. The van der Waals surface area contributed by atoms with Gasteiger partial charge in [0.15, 0.2) is 0 Å². The average Bonchev–Trinajstić information content (AvgIpc) is 3.34. The van der Waals surface area contributed by atoms with E-state index in [0.717, 1.165) is 5.69 Å². The van der Waals surface area contributed by atoms with Crippen LogP contribution in [0.1, 0.15) is 52.7 Å². The maximum Gasteiger partial charge on any atom is 0.253 e. The van der Waals surface area contributed by atoms with E-state index in [1.54, 1.807) is 0 Å². The minimum atomic E-state index is -0.137. The molecule has 0 saturated carbocycles. The van der Waals surface area contributed by atoms with Crippen molar-refractivity contribution in [1.82, 2.24) is 9.13 Å². The van der Waals surface area contributed by atoms with Gasteiger partial charge in [-0.3, -0.25) is 0 Å². The van der Waals surface area contributed by atoms with Crippen LogP contribution in [0, 0.1) is 0 Å². The highest BCUT2D eigenvalue weighted by Crippen LogP contribution is 2.51. The summed E-state index contributed by atoms with van der Waals surface area (Å²) in [7, 11) is 0. The monoisotopic (exact) mass is 999 g/mol. The summed E-state index contributed by atoms with van der Waals surface area (Å²) in [6.45, 7) is 13.9. The van der Waals surface area contributed by atoms with Crippen molar-refractivity contribution in [1.29, 1.82) is 0 Å². The Balaban J connectivity index is 1.14. The Hall–Kier alpha value is -9.12. The standard InChI is InChI=1S/C74H58BN3/c1-73(2,3)52-41-51(42-53(44-52)74(4,5)6)57-33-21-32-56(49-27-15-9-16-28-49)71(57)78-65-36-22-35-64-70(65)75(62-46-67-61(45-68(62)78)58-31-19-20-34-63(58)76(67)54-29-17-10-18-30-54)69-55(48-25-13-8-14-26-48)39-40-60-59-38-37-50(47-23-11-7-12-24-47)43-66(59)77(64)72(60)69/h7-46H,1-6H3. The Kier molecular flexibility index (Phi) is 10.2. The summed E-state index contributed by atoms with van der Waals surface area (Å²) in [6.07, 6.45) is 0. The smallest absolute Gasteiger partial charge is 0.253 e. The first-order valence-corrected chi connectivity index (χ1v) is 27.6. The van der Waals surface area contributed by atoms with Crippen LogP contribution >= 0.6 is 0 Å². The van der Waals surface area contributed by atoms with Gasteiger partial charge in [0.25, 0.3) is 6.71 Å². The van der Waals surface area contributed by atoms with Gasteiger partial charge in [0.1, 0.15) is 0 Å². The summed E-state index contributed by atoms with van der Waals surface area (Å²) in [6, 6.07) is 91.6. The van der Waals surface area contributed by atoms with Crippen molar-refractivity contribution < 1.29 is 0 Å². The zero-order valence-electron chi connectivity index (χ0n) is 45.0. The summed E-state index contributed by atoms with van der Waals surface area (Å²) >= 11 is 0. The Bertz CT molecular complexity index is 4520. The number of benzene rings is 11. The van der Waals surface area contributed by atoms with Crippen LogP contribution in [0.4, 0.5) is 17.1 Å². The molecule has 0 amide bonds. The molecule has 11 aromatic carbocycles. The Morgan fingerprint density at radius 1 is 0.321 bits per heavy atom. The molecule has 2 aromatic heterocycles. The number of nitrogens with zero attached hydrogens (tertiary/aromatic N) is 3. The summed E-state index contributed by atoms with van der Waals surface area (Å²) in [4.78, 5) is 2.69. The van der Waals surface area contributed by atoms with Gasteiger partial charge >= 0.3 is 0 Å². The Labute approximate surface area is 457 Å². The van der Waals surface area contributed by atoms with Crippen LogP contribution in [0.15, 0.2) is 243 Å². The van der Waals surface area contributed by atoms with Gasteiger partial charge in [-0.2, -0.15) is 0 Å². The highest BCUT2D eigenvalue weighted by atomic mass is 15.2. The van der Waals surface area contributed by atoms with Gasteiger partial charge in [-0.25, -0.2) is 0 Å². The number of hydrogen-bond acceptors (Lipinski definition) is 1. The Morgan fingerprint density at radius 3 is 1.55 bits per heavy atom. The van der Waals surface area contributed by atoms with Crippen LogP contribution in [0.5, 0.6) is 0 Å². The van der Waals surface area contributed by atoms with Crippen molar-refractivity contribution >= 4 is 83.8 Å². The molecular formula is C74H58BN3. The van der Waals surface area contributed by atoms with Crippen LogP contribution in [-0.2, 0) is 10.8 Å². The summed E-state index contributed by atoms with van der Waals surface area (Å²) in [5, 5.41) is 4.97. The molecule has 372 valence electrons. The van der Waals surface area contributed by atoms with E-state index in [1.807, 2.05) is 0 Å². The van der Waals surface area contributed by atoms with Crippen LogP contribution < -0.4 is 21.3 Å². The van der Waals surface area contributed by atoms with E-state index in [2.05, 4.69) is 298 Å². The molecule has 4 heterocycles. The zero-order chi connectivity index (χ0) is 52.6. The molecule has 13 aromatic rings. The summed E-state index contributed by atoms with van der Waals surface area (Å²) in [5.74, 6) is 0. The second-order valence-electron chi connectivity index (χ2n) is 23.7. The molecule has 0 N–H and O–H groups in total. The van der Waals surface area contributed by atoms with Gasteiger partial charge in [-0.1, -0.05) is 236 Å². The predicted octanol–water partition coefficient (Wildman–Crippen LogP) is 17.8. The molecular weight excluding hydrogens is 942 g/mol. The van der Waals surface area contributed by atoms with E-state index in [0.29, 0.717) is 0 Å². The third kappa shape index (κ3) is 6.98. The minimum absolute atomic E-state index is 0.0790. The largest absolute Gasteiger partial charge is 0.310 e. The molecule has 2 aliphatic heterocycles. The molecule has 0 saturated heterocycles. The normalized spacial score (nSPS) is 12.9.